The van der Waals surface area contributed by atoms with Crippen LogP contribution in [-0.2, 0) is 0 Å². The molecule has 16 heavy (non-hydrogen) atoms. The third-order valence-electron chi connectivity index (χ3n) is 3.63. The van der Waals surface area contributed by atoms with Crippen molar-refractivity contribution in [1.82, 2.24) is 10.2 Å². The Morgan fingerprint density at radius 2 is 2.06 bits per heavy atom. The Kier molecular flexibility index (Phi) is 5.77. The largest absolute Gasteiger partial charge is 0.316 e. The van der Waals surface area contributed by atoms with Gasteiger partial charge in [-0.2, -0.15) is 0 Å². The van der Waals surface area contributed by atoms with Crippen molar-refractivity contribution in [2.75, 3.05) is 26.2 Å². The first-order valence-electron chi connectivity index (χ1n) is 7.04. The third-order valence-corrected chi connectivity index (χ3v) is 3.63. The third kappa shape index (κ3) is 4.42. The van der Waals surface area contributed by atoms with Crippen molar-refractivity contribution in [2.45, 2.75) is 59.4 Å². The molecule has 1 fully saturated rings. The van der Waals surface area contributed by atoms with Crippen molar-refractivity contribution in [1.29, 1.82) is 0 Å². The number of likely N-dealkylation sites (tertiary alicyclic amines) is 1. The lowest BCUT2D eigenvalue weighted by Gasteiger charge is -2.33. The number of rotatable bonds is 7. The molecule has 1 atom stereocenters. The van der Waals surface area contributed by atoms with Crippen LogP contribution in [0.25, 0.3) is 0 Å². The molecular formula is C14H30N2. The summed E-state index contributed by atoms with van der Waals surface area (Å²) < 4.78 is 0. The second-order valence-electron chi connectivity index (χ2n) is 6.02. The zero-order chi connectivity index (χ0) is 12.0. The van der Waals surface area contributed by atoms with Gasteiger partial charge in [-0.25, -0.2) is 0 Å². The van der Waals surface area contributed by atoms with Crippen LogP contribution in [-0.4, -0.2) is 37.1 Å². The molecular weight excluding hydrogens is 196 g/mol. The van der Waals surface area contributed by atoms with Gasteiger partial charge in [0.15, 0.2) is 0 Å². The van der Waals surface area contributed by atoms with E-state index >= 15 is 0 Å². The molecule has 2 nitrogen and oxygen atoms in total. The molecule has 1 saturated heterocycles. The Labute approximate surface area is 102 Å². The van der Waals surface area contributed by atoms with Crippen molar-refractivity contribution in [3.05, 3.63) is 0 Å². The molecule has 0 aromatic heterocycles. The van der Waals surface area contributed by atoms with Crippen LogP contribution in [0.1, 0.15) is 53.4 Å². The molecule has 0 aromatic carbocycles. The lowest BCUT2D eigenvalue weighted by atomic mass is 9.92. The SMILES string of the molecule is CCCNCC(C)(C)CN1CCCC1CC. The summed E-state index contributed by atoms with van der Waals surface area (Å²) in [6.07, 6.45) is 5.36. The fourth-order valence-electron chi connectivity index (χ4n) is 2.77. The summed E-state index contributed by atoms with van der Waals surface area (Å²) in [5.41, 5.74) is 0.410. The van der Waals surface area contributed by atoms with Gasteiger partial charge < -0.3 is 5.32 Å². The predicted octanol–water partition coefficient (Wildman–Crippen LogP) is 2.89. The van der Waals surface area contributed by atoms with Crippen LogP contribution < -0.4 is 5.32 Å². The first-order chi connectivity index (χ1) is 7.59. The van der Waals surface area contributed by atoms with Gasteiger partial charge >= 0.3 is 0 Å². The predicted molar refractivity (Wildman–Crippen MR) is 71.8 cm³/mol. The van der Waals surface area contributed by atoms with Crippen molar-refractivity contribution in [3.63, 3.8) is 0 Å². The summed E-state index contributed by atoms with van der Waals surface area (Å²) in [6, 6.07) is 0.852. The van der Waals surface area contributed by atoms with E-state index in [-0.39, 0.29) is 0 Å². The zero-order valence-corrected chi connectivity index (χ0v) is 11.7. The van der Waals surface area contributed by atoms with E-state index in [0.717, 1.165) is 19.1 Å². The highest BCUT2D eigenvalue weighted by Crippen LogP contribution is 2.25. The molecule has 2 heteroatoms. The summed E-state index contributed by atoms with van der Waals surface area (Å²) in [4.78, 5) is 2.70. The molecule has 1 unspecified atom stereocenters. The molecule has 96 valence electrons. The van der Waals surface area contributed by atoms with Gasteiger partial charge in [0.25, 0.3) is 0 Å². The second kappa shape index (κ2) is 6.61. The Balaban J connectivity index is 2.32. The van der Waals surface area contributed by atoms with Crippen molar-refractivity contribution < 1.29 is 0 Å². The lowest BCUT2D eigenvalue weighted by molar-refractivity contribution is 0.159. The van der Waals surface area contributed by atoms with Gasteiger partial charge in [0, 0.05) is 19.1 Å². The monoisotopic (exact) mass is 226 g/mol. The molecule has 1 N–H and O–H groups in total. The van der Waals surface area contributed by atoms with Crippen molar-refractivity contribution >= 4 is 0 Å². The Morgan fingerprint density at radius 3 is 2.69 bits per heavy atom. The number of hydrogen-bond acceptors (Lipinski definition) is 2. The summed E-state index contributed by atoms with van der Waals surface area (Å²) in [6.45, 7) is 14.2. The summed E-state index contributed by atoms with van der Waals surface area (Å²) in [5.74, 6) is 0. The lowest BCUT2D eigenvalue weighted by Crippen LogP contribution is -2.42. The van der Waals surface area contributed by atoms with Crippen LogP contribution in [0.15, 0.2) is 0 Å². The van der Waals surface area contributed by atoms with Crippen LogP contribution in [0, 0.1) is 5.41 Å². The maximum atomic E-state index is 3.56. The minimum atomic E-state index is 0.410. The van der Waals surface area contributed by atoms with Crippen LogP contribution in [0.5, 0.6) is 0 Å². The maximum Gasteiger partial charge on any atom is 0.00933 e. The van der Waals surface area contributed by atoms with E-state index < -0.39 is 0 Å². The van der Waals surface area contributed by atoms with Crippen molar-refractivity contribution in [2.24, 2.45) is 5.41 Å². The molecule has 0 spiro atoms. The number of nitrogens with zero attached hydrogens (tertiary/aromatic N) is 1. The van der Waals surface area contributed by atoms with Gasteiger partial charge in [0.1, 0.15) is 0 Å². The van der Waals surface area contributed by atoms with Crippen LogP contribution in [0.3, 0.4) is 0 Å². The quantitative estimate of drug-likeness (QED) is 0.672. The zero-order valence-electron chi connectivity index (χ0n) is 11.7. The molecule has 1 aliphatic heterocycles. The normalized spacial score (nSPS) is 22.9. The fourth-order valence-corrected chi connectivity index (χ4v) is 2.77. The highest BCUT2D eigenvalue weighted by Gasteiger charge is 2.28. The molecule has 0 radical (unpaired) electrons. The minimum Gasteiger partial charge on any atom is -0.316 e. The van der Waals surface area contributed by atoms with E-state index in [1.807, 2.05) is 0 Å². The van der Waals surface area contributed by atoms with E-state index in [1.165, 1.54) is 38.8 Å². The van der Waals surface area contributed by atoms with Gasteiger partial charge in [-0.05, 0) is 44.2 Å². The average molecular weight is 226 g/mol. The van der Waals surface area contributed by atoms with E-state index in [2.05, 4.69) is 37.9 Å². The first-order valence-corrected chi connectivity index (χ1v) is 7.04. The van der Waals surface area contributed by atoms with Crippen LogP contribution >= 0.6 is 0 Å². The molecule has 0 bridgehead atoms. The van der Waals surface area contributed by atoms with Crippen molar-refractivity contribution in [3.8, 4) is 0 Å². The molecule has 1 aliphatic rings. The van der Waals surface area contributed by atoms with Gasteiger partial charge in [-0.15, -0.1) is 0 Å². The molecule has 0 amide bonds. The smallest absolute Gasteiger partial charge is 0.00933 e. The van der Waals surface area contributed by atoms with Crippen LogP contribution in [0.2, 0.25) is 0 Å². The molecule has 1 heterocycles. The Bertz CT molecular complexity index is 189. The summed E-state index contributed by atoms with van der Waals surface area (Å²) in [5, 5.41) is 3.56. The molecule has 0 aromatic rings. The van der Waals surface area contributed by atoms with E-state index in [9.17, 15) is 0 Å². The molecule has 0 saturated carbocycles. The number of hydrogen-bond donors (Lipinski definition) is 1. The van der Waals surface area contributed by atoms with E-state index in [4.69, 9.17) is 0 Å². The highest BCUT2D eigenvalue weighted by molar-refractivity contribution is 4.84. The van der Waals surface area contributed by atoms with Crippen LogP contribution in [0.4, 0.5) is 0 Å². The molecule has 1 rings (SSSR count). The fraction of sp³-hybridized carbons (Fsp3) is 1.00. The van der Waals surface area contributed by atoms with Gasteiger partial charge in [0.05, 0.1) is 0 Å². The first kappa shape index (κ1) is 14.0. The van der Waals surface area contributed by atoms with Gasteiger partial charge in [-0.1, -0.05) is 27.7 Å². The van der Waals surface area contributed by atoms with Gasteiger partial charge in [-0.3, -0.25) is 4.90 Å². The van der Waals surface area contributed by atoms with E-state index in [1.54, 1.807) is 0 Å². The summed E-state index contributed by atoms with van der Waals surface area (Å²) in [7, 11) is 0. The molecule has 0 aliphatic carbocycles. The average Bonchev–Trinajstić information content (AvgIpc) is 2.64. The minimum absolute atomic E-state index is 0.410. The van der Waals surface area contributed by atoms with Gasteiger partial charge in [0.2, 0.25) is 0 Å². The Hall–Kier alpha value is -0.0800. The number of nitrogens with one attached hydrogen (secondary N) is 1. The second-order valence-corrected chi connectivity index (χ2v) is 6.02. The maximum absolute atomic E-state index is 3.56. The topological polar surface area (TPSA) is 15.3 Å². The van der Waals surface area contributed by atoms with E-state index in [0.29, 0.717) is 5.41 Å². The summed E-state index contributed by atoms with van der Waals surface area (Å²) >= 11 is 0. The standard InChI is InChI=1S/C14H30N2/c1-5-9-15-11-14(3,4)12-16-10-7-8-13(16)6-2/h13,15H,5-12H2,1-4H3. The Morgan fingerprint density at radius 1 is 1.31 bits per heavy atom. The highest BCUT2D eigenvalue weighted by atomic mass is 15.2.